The van der Waals surface area contributed by atoms with Gasteiger partial charge in [-0.1, -0.05) is 30.7 Å². The van der Waals surface area contributed by atoms with Crippen LogP contribution in [0.5, 0.6) is 5.75 Å². The van der Waals surface area contributed by atoms with Crippen LogP contribution in [0.15, 0.2) is 48.6 Å². The molecule has 1 fully saturated rings. The molecule has 1 spiro atoms. The second-order valence-electron chi connectivity index (χ2n) is 13.8. The topological polar surface area (TPSA) is 111 Å². The molecule has 0 saturated heterocycles. The highest BCUT2D eigenvalue weighted by Crippen LogP contribution is 2.48. The number of amides is 1. The van der Waals surface area contributed by atoms with Crippen LogP contribution in [0.2, 0.25) is 5.02 Å². The van der Waals surface area contributed by atoms with E-state index in [0.717, 1.165) is 44.1 Å². The monoisotopic (exact) mass is 684 g/mol. The van der Waals surface area contributed by atoms with Crippen molar-refractivity contribution in [2.45, 2.75) is 68.1 Å². The summed E-state index contributed by atoms with van der Waals surface area (Å²) >= 11 is 6.42. The molecule has 1 N–H and O–H groups in total. The Labute approximate surface area is 283 Å². The summed E-state index contributed by atoms with van der Waals surface area (Å²) in [4.78, 5) is 28.7. The largest absolute Gasteiger partial charge is 0.490 e. The molecule has 1 saturated carbocycles. The fraction of sp³-hybridized carbons (Fsp3) is 0.556. The Balaban J connectivity index is 1.45. The van der Waals surface area contributed by atoms with E-state index in [-0.39, 0.29) is 41.8 Å². The van der Waals surface area contributed by atoms with Crippen molar-refractivity contribution in [2.24, 2.45) is 17.8 Å². The van der Waals surface area contributed by atoms with Crippen LogP contribution in [-0.2, 0) is 36.1 Å². The fourth-order valence-corrected chi connectivity index (χ4v) is 10.2. The number of nitrogens with zero attached hydrogens (tertiary/aromatic N) is 1. The van der Waals surface area contributed by atoms with Gasteiger partial charge in [-0.15, -0.1) is 0 Å². The zero-order valence-electron chi connectivity index (χ0n) is 27.4. The third-order valence-corrected chi connectivity index (χ3v) is 13.3. The van der Waals surface area contributed by atoms with Gasteiger partial charge >= 0.3 is 0 Å². The van der Waals surface area contributed by atoms with Gasteiger partial charge in [0.2, 0.25) is 10.0 Å². The molecule has 2 bridgehead atoms. The summed E-state index contributed by atoms with van der Waals surface area (Å²) in [7, 11) is -1.00. The molecule has 11 heteroatoms. The van der Waals surface area contributed by atoms with E-state index in [0.29, 0.717) is 36.9 Å². The number of anilines is 1. The van der Waals surface area contributed by atoms with E-state index in [4.69, 9.17) is 25.8 Å². The highest BCUT2D eigenvalue weighted by molar-refractivity contribution is 7.90. The number of fused-ring (bicyclic) bond motifs is 4. The molecule has 9 nitrogen and oxygen atoms in total. The molecule has 2 aromatic carbocycles. The quantitative estimate of drug-likeness (QED) is 0.326. The Hall–Kier alpha value is -2.92. The second kappa shape index (κ2) is 13.5. The number of ether oxygens (including phenoxy) is 3. The minimum atomic E-state index is -4.09. The number of nitrogens with one attached hydrogen (secondary N) is 1. The zero-order valence-corrected chi connectivity index (χ0v) is 28.9. The molecule has 47 heavy (non-hydrogen) atoms. The molecule has 4 aliphatic rings. The Kier molecular flexibility index (Phi) is 9.78. The first kappa shape index (κ1) is 34.0. The maximum atomic E-state index is 13.7. The lowest BCUT2D eigenvalue weighted by Crippen LogP contribution is -2.53. The number of carbonyl (C=O) groups is 2. The van der Waals surface area contributed by atoms with E-state index in [1.165, 1.54) is 18.2 Å². The zero-order chi connectivity index (χ0) is 33.4. The van der Waals surface area contributed by atoms with Gasteiger partial charge in [0.1, 0.15) is 11.4 Å². The summed E-state index contributed by atoms with van der Waals surface area (Å²) in [6.07, 6.45) is 9.78. The molecule has 2 aliphatic carbocycles. The van der Waals surface area contributed by atoms with E-state index in [1.807, 2.05) is 25.1 Å². The number of halogens is 1. The van der Waals surface area contributed by atoms with Crippen molar-refractivity contribution in [3.63, 3.8) is 0 Å². The van der Waals surface area contributed by atoms with Crippen LogP contribution in [0.3, 0.4) is 0 Å². The van der Waals surface area contributed by atoms with Crippen LogP contribution < -0.4 is 14.4 Å². The first-order chi connectivity index (χ1) is 22.5. The fourth-order valence-electron chi connectivity index (χ4n) is 8.30. The molecular weight excluding hydrogens is 640 g/mol. The van der Waals surface area contributed by atoms with Crippen LogP contribution in [0.1, 0.15) is 66.9 Å². The van der Waals surface area contributed by atoms with Gasteiger partial charge in [0.15, 0.2) is 6.29 Å². The highest BCUT2D eigenvalue weighted by Gasteiger charge is 2.49. The maximum absolute atomic E-state index is 13.7. The number of hydrogen-bond acceptors (Lipinski definition) is 8. The van der Waals surface area contributed by atoms with Crippen molar-refractivity contribution in [3.05, 3.63) is 70.3 Å². The lowest BCUT2D eigenvalue weighted by molar-refractivity contribution is -0.135. The van der Waals surface area contributed by atoms with Gasteiger partial charge in [0.05, 0.1) is 17.5 Å². The molecule has 2 heterocycles. The molecule has 254 valence electrons. The lowest BCUT2D eigenvalue weighted by atomic mass is 9.64. The van der Waals surface area contributed by atoms with Crippen molar-refractivity contribution in [1.82, 2.24) is 4.72 Å². The molecule has 2 aliphatic heterocycles. The number of hydrogen-bond donors (Lipinski definition) is 1. The molecule has 1 amide bonds. The second-order valence-corrected chi connectivity index (χ2v) is 16.2. The van der Waals surface area contributed by atoms with Crippen LogP contribution in [0.4, 0.5) is 5.69 Å². The minimum Gasteiger partial charge on any atom is -0.490 e. The summed E-state index contributed by atoms with van der Waals surface area (Å²) in [6.45, 7) is 3.77. The van der Waals surface area contributed by atoms with Gasteiger partial charge in [-0.2, -0.15) is 0 Å². The van der Waals surface area contributed by atoms with Crippen molar-refractivity contribution < 1.29 is 32.2 Å². The number of sulfonamides is 1. The number of aryl methyl sites for hydroxylation is 1. The molecule has 0 aromatic heterocycles. The van der Waals surface area contributed by atoms with Crippen LogP contribution in [0, 0.1) is 17.8 Å². The average Bonchev–Trinajstić information content (AvgIpc) is 3.18. The highest BCUT2D eigenvalue weighted by atomic mass is 35.5. The SMILES string of the molecule is COCC[C@@H]1[C@@H](C)C/C=C\[C@](C=O)(OC)[C@@H]2CC[C@H]2CN2C[C@@]3(CCCc4cc(Cl)ccc43)COc3ccc(cc32)C(=O)NS1(=O)=O. The molecule has 6 atom stereocenters. The number of rotatable bonds is 5. The van der Waals surface area contributed by atoms with Gasteiger partial charge in [-0.05, 0) is 104 Å². The van der Waals surface area contributed by atoms with Crippen molar-refractivity contribution >= 4 is 39.5 Å². The van der Waals surface area contributed by atoms with Crippen molar-refractivity contribution in [2.75, 3.05) is 45.4 Å². The van der Waals surface area contributed by atoms with Crippen molar-refractivity contribution in [3.8, 4) is 5.75 Å². The number of allylic oxidation sites excluding steroid dienone is 1. The Morgan fingerprint density at radius 1 is 1.17 bits per heavy atom. The maximum Gasteiger partial charge on any atom is 0.264 e. The smallest absolute Gasteiger partial charge is 0.264 e. The van der Waals surface area contributed by atoms with E-state index in [9.17, 15) is 18.0 Å². The van der Waals surface area contributed by atoms with Gasteiger partial charge < -0.3 is 19.1 Å². The number of aldehydes is 1. The Bertz CT molecular complexity index is 1650. The Morgan fingerprint density at radius 2 is 2.00 bits per heavy atom. The standard InChI is InChI=1S/C36H45ClN2O7S/c1-24-6-4-16-36(22-40,45-3)30-11-8-27(30)20-39-21-35(15-5-7-25-18-28(37)10-12-29(25)35)23-46-32-13-9-26(19-31(32)39)34(41)38-47(42,43)33(24)14-17-44-2/h4,9-10,12-13,16,18-19,22,24,27,30,33H,5-8,11,14-15,17,20-21,23H2,1-3H3,(H,38,41)/b16-4-/t24-,27-,30+,33+,35-,36+/m0/s1. The molecule has 0 unspecified atom stereocenters. The van der Waals surface area contributed by atoms with Gasteiger partial charge in [-0.3, -0.25) is 9.59 Å². The summed E-state index contributed by atoms with van der Waals surface area (Å²) in [5.74, 6) is -0.330. The normalized spacial score (nSPS) is 32.5. The van der Waals surface area contributed by atoms with Gasteiger partial charge in [0.25, 0.3) is 5.91 Å². The molecule has 6 rings (SSSR count). The number of carbonyl (C=O) groups excluding carboxylic acids is 2. The van der Waals surface area contributed by atoms with Crippen molar-refractivity contribution in [1.29, 1.82) is 0 Å². The average molecular weight is 685 g/mol. The van der Waals surface area contributed by atoms with E-state index in [1.54, 1.807) is 25.3 Å². The molecule has 0 radical (unpaired) electrons. The first-order valence-corrected chi connectivity index (χ1v) is 18.5. The summed E-state index contributed by atoms with van der Waals surface area (Å²) in [5.41, 5.74) is 1.97. The van der Waals surface area contributed by atoms with Gasteiger partial charge in [0, 0.05) is 55.8 Å². The Morgan fingerprint density at radius 3 is 2.72 bits per heavy atom. The van der Waals surface area contributed by atoms with Gasteiger partial charge in [-0.25, -0.2) is 13.1 Å². The van der Waals surface area contributed by atoms with E-state index in [2.05, 4.69) is 21.8 Å². The summed E-state index contributed by atoms with van der Waals surface area (Å²) < 4.78 is 47.6. The third kappa shape index (κ3) is 6.46. The van der Waals surface area contributed by atoms with Crippen LogP contribution in [-0.4, -0.2) is 72.0 Å². The van der Waals surface area contributed by atoms with E-state index < -0.39 is 26.8 Å². The summed E-state index contributed by atoms with van der Waals surface area (Å²) in [5, 5.41) is -0.183. The summed E-state index contributed by atoms with van der Waals surface area (Å²) in [6, 6.07) is 11.3. The minimum absolute atomic E-state index is 0.0648. The molecular formula is C36H45ClN2O7S. The third-order valence-electron chi connectivity index (χ3n) is 11.0. The predicted molar refractivity (Wildman–Crippen MR) is 182 cm³/mol. The van der Waals surface area contributed by atoms with Crippen LogP contribution in [0.25, 0.3) is 0 Å². The van der Waals surface area contributed by atoms with E-state index >= 15 is 0 Å². The lowest BCUT2D eigenvalue weighted by Gasteiger charge is -2.48. The number of methoxy groups -OCH3 is 2. The first-order valence-electron chi connectivity index (χ1n) is 16.6. The predicted octanol–water partition coefficient (Wildman–Crippen LogP) is 5.48. The number of benzene rings is 2. The molecule has 2 aromatic rings. The van der Waals surface area contributed by atoms with Crippen LogP contribution >= 0.6 is 11.6 Å².